The molecule has 8 nitrogen and oxygen atoms in total. The third-order valence-electron chi connectivity index (χ3n) is 4.91. The normalized spacial score (nSPS) is 11.4. The number of benzene rings is 3. The zero-order valence-corrected chi connectivity index (χ0v) is 18.9. The first-order chi connectivity index (χ1) is 15.8. The van der Waals surface area contributed by atoms with E-state index in [0.717, 1.165) is 0 Å². The van der Waals surface area contributed by atoms with Crippen LogP contribution < -0.4 is 15.8 Å². The standard InChI is InChI=1S/C23H20ClN3O5S/c24-18-9-1-2-10-19(18)26-33(30,31)17-8-5-7-16(15-17)25-22(28)13-6-14-27-20-11-3-4-12-21(20)32-23(27)29/h1-5,7-12,15,26H,6,13-14H2,(H,25,28). The molecule has 0 spiro atoms. The van der Waals surface area contributed by atoms with E-state index in [-0.39, 0.29) is 27.9 Å². The van der Waals surface area contributed by atoms with E-state index in [2.05, 4.69) is 10.0 Å². The van der Waals surface area contributed by atoms with E-state index in [1.807, 2.05) is 6.07 Å². The number of carbonyl (C=O) groups is 1. The fourth-order valence-electron chi connectivity index (χ4n) is 3.34. The molecule has 1 heterocycles. The largest absolute Gasteiger partial charge is 0.419 e. The fraction of sp³-hybridized carbons (Fsp3) is 0.130. The summed E-state index contributed by atoms with van der Waals surface area (Å²) in [4.78, 5) is 24.4. The van der Waals surface area contributed by atoms with Gasteiger partial charge in [-0.2, -0.15) is 0 Å². The van der Waals surface area contributed by atoms with Crippen molar-refractivity contribution in [3.05, 3.63) is 88.4 Å². The van der Waals surface area contributed by atoms with Crippen LogP contribution in [0.25, 0.3) is 11.1 Å². The number of halogens is 1. The molecule has 0 saturated heterocycles. The lowest BCUT2D eigenvalue weighted by Crippen LogP contribution is -2.17. The number of fused-ring (bicyclic) bond motifs is 1. The quantitative estimate of drug-likeness (QED) is 0.382. The fourth-order valence-corrected chi connectivity index (χ4v) is 4.70. The van der Waals surface area contributed by atoms with Crippen LogP contribution in [0.3, 0.4) is 0 Å². The third kappa shape index (κ3) is 5.27. The van der Waals surface area contributed by atoms with Gasteiger partial charge in [-0.3, -0.25) is 14.1 Å². The summed E-state index contributed by atoms with van der Waals surface area (Å²) in [6.45, 7) is 0.319. The number of carbonyl (C=O) groups excluding carboxylic acids is 1. The van der Waals surface area contributed by atoms with Crippen molar-refractivity contribution in [1.29, 1.82) is 0 Å². The van der Waals surface area contributed by atoms with Crippen LogP contribution in [0.1, 0.15) is 12.8 Å². The molecule has 0 aliphatic carbocycles. The van der Waals surface area contributed by atoms with E-state index in [0.29, 0.717) is 29.8 Å². The van der Waals surface area contributed by atoms with Crippen LogP contribution in [0.4, 0.5) is 11.4 Å². The van der Waals surface area contributed by atoms with E-state index in [9.17, 15) is 18.0 Å². The number of hydrogen-bond acceptors (Lipinski definition) is 5. The van der Waals surface area contributed by atoms with Gasteiger partial charge in [0.05, 0.1) is 21.1 Å². The minimum absolute atomic E-state index is 0.0170. The molecule has 4 rings (SSSR count). The van der Waals surface area contributed by atoms with Gasteiger partial charge in [-0.1, -0.05) is 41.9 Å². The van der Waals surface area contributed by atoms with Gasteiger partial charge in [0.15, 0.2) is 5.58 Å². The maximum atomic E-state index is 12.7. The number of para-hydroxylation sites is 3. The molecular formula is C23H20ClN3O5S. The molecule has 2 N–H and O–H groups in total. The summed E-state index contributed by atoms with van der Waals surface area (Å²) >= 11 is 6.03. The van der Waals surface area contributed by atoms with Gasteiger partial charge in [-0.05, 0) is 48.9 Å². The van der Waals surface area contributed by atoms with Crippen molar-refractivity contribution in [2.75, 3.05) is 10.0 Å². The summed E-state index contributed by atoms with van der Waals surface area (Å²) in [6.07, 6.45) is 0.544. The topological polar surface area (TPSA) is 110 Å². The lowest BCUT2D eigenvalue weighted by Gasteiger charge is -2.11. The molecule has 0 saturated carbocycles. The molecule has 0 radical (unpaired) electrons. The van der Waals surface area contributed by atoms with Gasteiger partial charge in [-0.15, -0.1) is 0 Å². The minimum atomic E-state index is -3.90. The van der Waals surface area contributed by atoms with Gasteiger partial charge in [0.2, 0.25) is 5.91 Å². The van der Waals surface area contributed by atoms with E-state index in [4.69, 9.17) is 16.0 Å². The zero-order valence-electron chi connectivity index (χ0n) is 17.3. The maximum absolute atomic E-state index is 12.7. The van der Waals surface area contributed by atoms with E-state index in [1.54, 1.807) is 48.5 Å². The SMILES string of the molecule is O=C(CCCn1c(=O)oc2ccccc21)Nc1cccc(S(=O)(=O)Nc2ccccc2Cl)c1. The Balaban J connectivity index is 1.39. The Hall–Kier alpha value is -3.56. The first-order valence-electron chi connectivity index (χ1n) is 10.1. The molecule has 4 aromatic rings. The summed E-state index contributed by atoms with van der Waals surface area (Å²) in [7, 11) is -3.90. The number of nitrogens with one attached hydrogen (secondary N) is 2. The van der Waals surface area contributed by atoms with Crippen LogP contribution in [-0.2, 0) is 21.4 Å². The van der Waals surface area contributed by atoms with Crippen molar-refractivity contribution in [3.63, 3.8) is 0 Å². The van der Waals surface area contributed by atoms with Crippen LogP contribution in [0.15, 0.2) is 86.9 Å². The summed E-state index contributed by atoms with van der Waals surface area (Å²) < 4.78 is 34.5. The second-order valence-electron chi connectivity index (χ2n) is 7.25. The molecule has 3 aromatic carbocycles. The number of oxazole rings is 1. The predicted octanol–water partition coefficient (Wildman–Crippen LogP) is 4.47. The van der Waals surface area contributed by atoms with Gasteiger partial charge in [0, 0.05) is 18.7 Å². The molecule has 170 valence electrons. The Labute approximate surface area is 194 Å². The average molecular weight is 486 g/mol. The van der Waals surface area contributed by atoms with Crippen LogP contribution in [-0.4, -0.2) is 18.9 Å². The molecule has 0 fully saturated rings. The molecular weight excluding hydrogens is 466 g/mol. The smallest absolute Gasteiger partial charge is 0.408 e. The molecule has 0 aliphatic heterocycles. The molecule has 0 aliphatic rings. The van der Waals surface area contributed by atoms with Gasteiger partial charge in [0.25, 0.3) is 10.0 Å². The first kappa shape index (κ1) is 22.6. The maximum Gasteiger partial charge on any atom is 0.419 e. The Morgan fingerprint density at radius 3 is 2.58 bits per heavy atom. The van der Waals surface area contributed by atoms with Crippen molar-refractivity contribution < 1.29 is 17.6 Å². The molecule has 0 atom stereocenters. The Morgan fingerprint density at radius 1 is 1.00 bits per heavy atom. The number of sulfonamides is 1. The second kappa shape index (κ2) is 9.51. The van der Waals surface area contributed by atoms with Crippen LogP contribution in [0.5, 0.6) is 0 Å². The predicted molar refractivity (Wildman–Crippen MR) is 127 cm³/mol. The van der Waals surface area contributed by atoms with Gasteiger partial charge in [0.1, 0.15) is 0 Å². The Kier molecular flexibility index (Phi) is 6.52. The third-order valence-corrected chi connectivity index (χ3v) is 6.60. The zero-order chi connectivity index (χ0) is 23.4. The number of hydrogen-bond donors (Lipinski definition) is 2. The lowest BCUT2D eigenvalue weighted by molar-refractivity contribution is -0.116. The van der Waals surface area contributed by atoms with Gasteiger partial charge in [-0.25, -0.2) is 13.2 Å². The van der Waals surface area contributed by atoms with E-state index in [1.165, 1.54) is 22.8 Å². The van der Waals surface area contributed by atoms with Gasteiger partial charge < -0.3 is 9.73 Å². The van der Waals surface area contributed by atoms with Gasteiger partial charge >= 0.3 is 5.76 Å². The number of nitrogens with zero attached hydrogens (tertiary/aromatic N) is 1. The van der Waals surface area contributed by atoms with Crippen molar-refractivity contribution in [2.24, 2.45) is 0 Å². The average Bonchev–Trinajstić information content (AvgIpc) is 3.10. The summed E-state index contributed by atoms with van der Waals surface area (Å²) in [5, 5.41) is 2.97. The molecule has 1 amide bonds. The van der Waals surface area contributed by atoms with Crippen molar-refractivity contribution >= 4 is 50.0 Å². The van der Waals surface area contributed by atoms with Crippen LogP contribution >= 0.6 is 11.6 Å². The highest BCUT2D eigenvalue weighted by molar-refractivity contribution is 7.92. The number of rotatable bonds is 8. The van der Waals surface area contributed by atoms with E-state index >= 15 is 0 Å². The van der Waals surface area contributed by atoms with Crippen molar-refractivity contribution in [3.8, 4) is 0 Å². The summed E-state index contributed by atoms with van der Waals surface area (Å²) in [5.74, 6) is -0.773. The number of anilines is 2. The summed E-state index contributed by atoms with van der Waals surface area (Å²) in [5.41, 5.74) is 1.77. The van der Waals surface area contributed by atoms with Crippen molar-refractivity contribution in [2.45, 2.75) is 24.3 Å². The Bertz CT molecular complexity index is 1480. The van der Waals surface area contributed by atoms with Crippen LogP contribution in [0.2, 0.25) is 5.02 Å². The highest BCUT2D eigenvalue weighted by Gasteiger charge is 2.17. The first-order valence-corrected chi connectivity index (χ1v) is 12.0. The monoisotopic (exact) mass is 485 g/mol. The highest BCUT2D eigenvalue weighted by Crippen LogP contribution is 2.25. The Morgan fingerprint density at radius 2 is 1.76 bits per heavy atom. The summed E-state index contributed by atoms with van der Waals surface area (Å²) in [6, 6.07) is 19.5. The number of aryl methyl sites for hydroxylation is 1. The minimum Gasteiger partial charge on any atom is -0.408 e. The molecule has 10 heteroatoms. The number of amides is 1. The molecule has 0 bridgehead atoms. The molecule has 1 aromatic heterocycles. The second-order valence-corrected chi connectivity index (χ2v) is 9.34. The lowest BCUT2D eigenvalue weighted by atomic mass is 10.2. The van der Waals surface area contributed by atoms with Crippen molar-refractivity contribution in [1.82, 2.24) is 4.57 Å². The molecule has 0 unspecified atom stereocenters. The van der Waals surface area contributed by atoms with Crippen LogP contribution in [0, 0.1) is 0 Å². The van der Waals surface area contributed by atoms with E-state index < -0.39 is 15.8 Å². The highest BCUT2D eigenvalue weighted by atomic mass is 35.5. The molecule has 33 heavy (non-hydrogen) atoms. The number of aromatic nitrogens is 1.